The fourth-order valence-corrected chi connectivity index (χ4v) is 3.62. The third kappa shape index (κ3) is 3.51. The molecule has 0 amide bonds. The van der Waals surface area contributed by atoms with Crippen LogP contribution in [-0.2, 0) is 4.74 Å². The van der Waals surface area contributed by atoms with Gasteiger partial charge in [-0.05, 0) is 41.8 Å². The molecule has 96 valence electrons. The number of aryl methyl sites for hydroxylation is 1. The van der Waals surface area contributed by atoms with E-state index in [-0.39, 0.29) is 12.6 Å². The van der Waals surface area contributed by atoms with Crippen LogP contribution >= 0.6 is 27.3 Å². The molecule has 2 unspecified atom stereocenters. The first-order valence-electron chi connectivity index (χ1n) is 5.92. The summed E-state index contributed by atoms with van der Waals surface area (Å²) in [6.07, 6.45) is 2.59. The molecule has 2 heterocycles. The van der Waals surface area contributed by atoms with Crippen molar-refractivity contribution in [3.8, 4) is 0 Å². The standard InChI is InChI=1S/C12H18BrNO2S/c1-8-10(13)5-12(17-8)11(7-15)14-6-9-3-2-4-16-9/h5,9,11,14-15H,2-4,6-7H2,1H3. The van der Waals surface area contributed by atoms with Gasteiger partial charge in [0.1, 0.15) is 0 Å². The molecule has 5 heteroatoms. The van der Waals surface area contributed by atoms with E-state index in [4.69, 9.17) is 4.74 Å². The predicted molar refractivity (Wildman–Crippen MR) is 73.6 cm³/mol. The summed E-state index contributed by atoms with van der Waals surface area (Å²) in [6, 6.07) is 2.11. The van der Waals surface area contributed by atoms with E-state index in [0.717, 1.165) is 30.5 Å². The molecule has 1 aromatic heterocycles. The van der Waals surface area contributed by atoms with Gasteiger partial charge in [0.25, 0.3) is 0 Å². The lowest BCUT2D eigenvalue weighted by molar-refractivity contribution is 0.104. The van der Waals surface area contributed by atoms with Gasteiger partial charge in [-0.25, -0.2) is 0 Å². The van der Waals surface area contributed by atoms with Gasteiger partial charge in [-0.1, -0.05) is 0 Å². The molecular weight excluding hydrogens is 302 g/mol. The first-order valence-corrected chi connectivity index (χ1v) is 7.53. The van der Waals surface area contributed by atoms with E-state index >= 15 is 0 Å². The summed E-state index contributed by atoms with van der Waals surface area (Å²) < 4.78 is 6.68. The van der Waals surface area contributed by atoms with Crippen LogP contribution in [-0.4, -0.2) is 31.0 Å². The second-order valence-electron chi connectivity index (χ2n) is 4.33. The Morgan fingerprint density at radius 1 is 1.71 bits per heavy atom. The van der Waals surface area contributed by atoms with Crippen LogP contribution in [0.3, 0.4) is 0 Å². The van der Waals surface area contributed by atoms with Crippen molar-refractivity contribution in [1.29, 1.82) is 0 Å². The van der Waals surface area contributed by atoms with Gasteiger partial charge in [0.05, 0.1) is 18.8 Å². The third-order valence-corrected chi connectivity index (χ3v) is 5.27. The highest BCUT2D eigenvalue weighted by Gasteiger charge is 2.19. The molecule has 1 fully saturated rings. The van der Waals surface area contributed by atoms with Crippen LogP contribution < -0.4 is 5.32 Å². The Labute approximate surface area is 114 Å². The van der Waals surface area contributed by atoms with Gasteiger partial charge >= 0.3 is 0 Å². The van der Waals surface area contributed by atoms with Crippen molar-refractivity contribution in [3.63, 3.8) is 0 Å². The summed E-state index contributed by atoms with van der Waals surface area (Å²) in [5.74, 6) is 0. The van der Waals surface area contributed by atoms with Gasteiger partial charge in [0, 0.05) is 27.4 Å². The van der Waals surface area contributed by atoms with E-state index in [9.17, 15) is 5.11 Å². The molecule has 2 N–H and O–H groups in total. The summed E-state index contributed by atoms with van der Waals surface area (Å²) in [5.41, 5.74) is 0. The SMILES string of the molecule is Cc1sc(C(CO)NCC2CCCO2)cc1Br. The van der Waals surface area contributed by atoms with Crippen molar-refractivity contribution >= 4 is 27.3 Å². The van der Waals surface area contributed by atoms with Crippen molar-refractivity contribution in [2.75, 3.05) is 19.8 Å². The average molecular weight is 320 g/mol. The van der Waals surface area contributed by atoms with Crippen molar-refractivity contribution in [1.82, 2.24) is 5.32 Å². The largest absolute Gasteiger partial charge is 0.394 e. The van der Waals surface area contributed by atoms with Crippen molar-refractivity contribution in [3.05, 3.63) is 20.3 Å². The quantitative estimate of drug-likeness (QED) is 0.876. The molecule has 0 aliphatic carbocycles. The first kappa shape index (κ1) is 13.5. The van der Waals surface area contributed by atoms with Crippen molar-refractivity contribution in [2.24, 2.45) is 0 Å². The summed E-state index contributed by atoms with van der Waals surface area (Å²) in [5, 5.41) is 12.8. The monoisotopic (exact) mass is 319 g/mol. The highest BCUT2D eigenvalue weighted by molar-refractivity contribution is 9.10. The minimum Gasteiger partial charge on any atom is -0.394 e. The fourth-order valence-electron chi connectivity index (χ4n) is 1.99. The van der Waals surface area contributed by atoms with Crippen molar-refractivity contribution in [2.45, 2.75) is 31.9 Å². The maximum atomic E-state index is 9.44. The number of rotatable bonds is 5. The Bertz CT molecular complexity index is 344. The number of hydrogen-bond acceptors (Lipinski definition) is 4. The molecule has 1 saturated heterocycles. The molecule has 0 spiro atoms. The van der Waals surface area contributed by atoms with E-state index in [1.807, 2.05) is 0 Å². The zero-order valence-electron chi connectivity index (χ0n) is 9.91. The van der Waals surface area contributed by atoms with Crippen LogP contribution in [0.1, 0.15) is 28.6 Å². The number of aliphatic hydroxyl groups is 1. The van der Waals surface area contributed by atoms with Gasteiger partial charge in [0.2, 0.25) is 0 Å². The topological polar surface area (TPSA) is 41.5 Å². The molecular formula is C12H18BrNO2S. The zero-order chi connectivity index (χ0) is 12.3. The zero-order valence-corrected chi connectivity index (χ0v) is 12.3. The second-order valence-corrected chi connectivity index (χ2v) is 6.47. The summed E-state index contributed by atoms with van der Waals surface area (Å²) in [6.45, 7) is 3.89. The Kier molecular flexibility index (Phi) is 4.99. The minimum absolute atomic E-state index is 0.0224. The van der Waals surface area contributed by atoms with Gasteiger partial charge < -0.3 is 15.2 Å². The Morgan fingerprint density at radius 2 is 2.53 bits per heavy atom. The van der Waals surface area contributed by atoms with Gasteiger partial charge in [-0.2, -0.15) is 0 Å². The number of hydrogen-bond donors (Lipinski definition) is 2. The van der Waals surface area contributed by atoms with E-state index in [0.29, 0.717) is 6.10 Å². The Morgan fingerprint density at radius 3 is 3.06 bits per heavy atom. The first-order chi connectivity index (χ1) is 8.20. The lowest BCUT2D eigenvalue weighted by Gasteiger charge is -2.17. The van der Waals surface area contributed by atoms with E-state index in [2.05, 4.69) is 34.2 Å². The molecule has 0 saturated carbocycles. The van der Waals surface area contributed by atoms with Crippen LogP contribution in [0.15, 0.2) is 10.5 Å². The summed E-state index contributed by atoms with van der Waals surface area (Å²) in [4.78, 5) is 2.42. The van der Waals surface area contributed by atoms with Gasteiger partial charge in [-0.15, -0.1) is 11.3 Å². The highest BCUT2D eigenvalue weighted by Crippen LogP contribution is 2.30. The predicted octanol–water partition coefficient (Wildman–Crippen LogP) is 2.62. The summed E-state index contributed by atoms with van der Waals surface area (Å²) >= 11 is 5.23. The maximum absolute atomic E-state index is 9.44. The average Bonchev–Trinajstić information content (AvgIpc) is 2.91. The van der Waals surface area contributed by atoms with Crippen LogP contribution in [0.25, 0.3) is 0 Å². The molecule has 2 atom stereocenters. The molecule has 2 rings (SSSR count). The van der Waals surface area contributed by atoms with Gasteiger partial charge in [-0.3, -0.25) is 0 Å². The minimum atomic E-state index is 0.0224. The molecule has 0 radical (unpaired) electrons. The Hall–Kier alpha value is 0.0600. The summed E-state index contributed by atoms with van der Waals surface area (Å²) in [7, 11) is 0. The number of thiophene rings is 1. The van der Waals surface area contributed by atoms with Crippen LogP contribution in [0, 0.1) is 6.92 Å². The Balaban J connectivity index is 1.91. The highest BCUT2D eigenvalue weighted by atomic mass is 79.9. The normalized spacial score (nSPS) is 21.9. The second kappa shape index (κ2) is 6.29. The molecule has 0 aromatic carbocycles. The third-order valence-electron chi connectivity index (χ3n) is 3.02. The van der Waals surface area contributed by atoms with Crippen LogP contribution in [0.2, 0.25) is 0 Å². The number of aliphatic hydroxyl groups excluding tert-OH is 1. The molecule has 17 heavy (non-hydrogen) atoms. The molecule has 1 aromatic rings. The number of ether oxygens (including phenoxy) is 1. The van der Waals surface area contributed by atoms with Crippen LogP contribution in [0.5, 0.6) is 0 Å². The smallest absolute Gasteiger partial charge is 0.0700 e. The van der Waals surface area contributed by atoms with E-state index < -0.39 is 0 Å². The maximum Gasteiger partial charge on any atom is 0.0700 e. The lowest BCUT2D eigenvalue weighted by atomic mass is 10.2. The molecule has 1 aliphatic rings. The molecule has 0 bridgehead atoms. The molecule has 1 aliphatic heterocycles. The fraction of sp³-hybridized carbons (Fsp3) is 0.667. The number of halogens is 1. The van der Waals surface area contributed by atoms with Crippen molar-refractivity contribution < 1.29 is 9.84 Å². The lowest BCUT2D eigenvalue weighted by Crippen LogP contribution is -2.31. The van der Waals surface area contributed by atoms with Gasteiger partial charge in [0.15, 0.2) is 0 Å². The molecule has 3 nitrogen and oxygen atoms in total. The number of nitrogens with one attached hydrogen (secondary N) is 1. The van der Waals surface area contributed by atoms with Crippen LogP contribution in [0.4, 0.5) is 0 Å². The van der Waals surface area contributed by atoms with E-state index in [1.54, 1.807) is 11.3 Å². The van der Waals surface area contributed by atoms with E-state index in [1.165, 1.54) is 9.75 Å².